The Bertz CT molecular complexity index is 466. The molecule has 20 heavy (non-hydrogen) atoms. The monoisotopic (exact) mass is 391 g/mol. The molecular weight excluding hydrogens is 369 g/mol. The van der Waals surface area contributed by atoms with Gasteiger partial charge in [-0.2, -0.15) is 0 Å². The molecule has 1 aliphatic rings. The molecule has 112 valence electrons. The molecule has 0 saturated heterocycles. The van der Waals surface area contributed by atoms with Gasteiger partial charge < -0.3 is 19.7 Å². The molecule has 0 radical (unpaired) electrons. The fourth-order valence-corrected chi connectivity index (χ4v) is 2.08. The van der Waals surface area contributed by atoms with Crippen LogP contribution >= 0.6 is 24.0 Å². The maximum atomic E-state index is 5.30. The lowest BCUT2D eigenvalue weighted by atomic mass is 10.1. The molecule has 0 amide bonds. The molecule has 1 heterocycles. The van der Waals surface area contributed by atoms with Gasteiger partial charge in [-0.15, -0.1) is 24.0 Å². The molecule has 1 N–H and O–H groups in total. The van der Waals surface area contributed by atoms with Gasteiger partial charge in [0.2, 0.25) is 0 Å². The van der Waals surface area contributed by atoms with E-state index in [0.717, 1.165) is 43.5 Å². The van der Waals surface area contributed by atoms with Gasteiger partial charge in [0.1, 0.15) is 0 Å². The molecule has 0 aromatic heterocycles. The second kappa shape index (κ2) is 8.18. The van der Waals surface area contributed by atoms with Crippen LogP contribution in [0.15, 0.2) is 23.2 Å². The summed E-state index contributed by atoms with van der Waals surface area (Å²) in [5, 5.41) is 3.35. The molecule has 0 fully saturated rings. The van der Waals surface area contributed by atoms with E-state index in [-0.39, 0.29) is 24.0 Å². The number of aliphatic imine (C=N–C) groups is 1. The van der Waals surface area contributed by atoms with Gasteiger partial charge in [0, 0.05) is 20.1 Å². The van der Waals surface area contributed by atoms with Crippen LogP contribution < -0.4 is 14.8 Å². The maximum Gasteiger partial charge on any atom is 0.193 e. The van der Waals surface area contributed by atoms with E-state index in [4.69, 9.17) is 9.47 Å². The van der Waals surface area contributed by atoms with E-state index in [1.54, 1.807) is 14.2 Å². The minimum atomic E-state index is 0. The van der Waals surface area contributed by atoms with Crippen LogP contribution in [-0.2, 0) is 6.42 Å². The van der Waals surface area contributed by atoms with Gasteiger partial charge in [-0.05, 0) is 24.1 Å². The second-order valence-electron chi connectivity index (χ2n) is 4.49. The number of halogens is 1. The summed E-state index contributed by atoms with van der Waals surface area (Å²) in [7, 11) is 5.35. The zero-order valence-electron chi connectivity index (χ0n) is 12.2. The summed E-state index contributed by atoms with van der Waals surface area (Å²) >= 11 is 0. The Morgan fingerprint density at radius 2 is 2.00 bits per heavy atom. The lowest BCUT2D eigenvalue weighted by molar-refractivity contribution is 0.354. The third-order valence-electron chi connectivity index (χ3n) is 3.20. The predicted octanol–water partition coefficient (Wildman–Crippen LogP) is 1.76. The molecule has 5 nitrogen and oxygen atoms in total. The Balaban J connectivity index is 0.00000200. The van der Waals surface area contributed by atoms with Gasteiger partial charge in [0.05, 0.1) is 20.8 Å². The summed E-state index contributed by atoms with van der Waals surface area (Å²) in [6, 6.07) is 6.01. The molecule has 0 unspecified atom stereocenters. The third kappa shape index (κ3) is 4.16. The van der Waals surface area contributed by atoms with Crippen LogP contribution in [0.5, 0.6) is 11.5 Å². The smallest absolute Gasteiger partial charge is 0.193 e. The van der Waals surface area contributed by atoms with Gasteiger partial charge in [0.15, 0.2) is 17.5 Å². The number of nitrogens with zero attached hydrogens (tertiary/aromatic N) is 2. The van der Waals surface area contributed by atoms with E-state index < -0.39 is 0 Å². The SMILES string of the molecule is COc1ccc(CCNC2=NCCN2C)cc1OC.I. The normalized spacial score (nSPS) is 13.6. The number of likely N-dealkylation sites (N-methyl/N-ethyl adjacent to an activating group) is 1. The van der Waals surface area contributed by atoms with Crippen molar-refractivity contribution >= 4 is 29.9 Å². The highest BCUT2D eigenvalue weighted by molar-refractivity contribution is 14.0. The van der Waals surface area contributed by atoms with Crippen LogP contribution in [0.3, 0.4) is 0 Å². The fraction of sp³-hybridized carbons (Fsp3) is 0.500. The van der Waals surface area contributed by atoms with Gasteiger partial charge in [-0.1, -0.05) is 6.07 Å². The average Bonchev–Trinajstić information content (AvgIpc) is 2.84. The van der Waals surface area contributed by atoms with Crippen LogP contribution in [0, 0.1) is 0 Å². The summed E-state index contributed by atoms with van der Waals surface area (Å²) in [6.07, 6.45) is 0.924. The summed E-state index contributed by atoms with van der Waals surface area (Å²) in [5.74, 6) is 2.52. The van der Waals surface area contributed by atoms with E-state index in [0.29, 0.717) is 0 Å². The van der Waals surface area contributed by atoms with Gasteiger partial charge in [-0.25, -0.2) is 0 Å². The first-order chi connectivity index (χ1) is 9.24. The molecule has 1 aromatic rings. The Morgan fingerprint density at radius 3 is 2.60 bits per heavy atom. The third-order valence-corrected chi connectivity index (χ3v) is 3.20. The van der Waals surface area contributed by atoms with Gasteiger partial charge in [0.25, 0.3) is 0 Å². The van der Waals surface area contributed by atoms with Crippen LogP contribution in [0.25, 0.3) is 0 Å². The van der Waals surface area contributed by atoms with Crippen molar-refractivity contribution in [3.8, 4) is 11.5 Å². The van der Waals surface area contributed by atoms with Gasteiger partial charge >= 0.3 is 0 Å². The Labute approximate surface area is 137 Å². The number of nitrogens with one attached hydrogen (secondary N) is 1. The van der Waals surface area contributed by atoms with Crippen LogP contribution in [0.2, 0.25) is 0 Å². The van der Waals surface area contributed by atoms with Crippen molar-refractivity contribution in [3.05, 3.63) is 23.8 Å². The first-order valence-corrected chi connectivity index (χ1v) is 6.45. The standard InChI is InChI=1S/C14H21N3O2.HI/c1-17-9-8-16-14(17)15-7-6-11-4-5-12(18-2)13(10-11)19-3;/h4-5,10H,6-9H2,1-3H3,(H,15,16);1H. The Hall–Kier alpha value is -1.18. The molecule has 0 spiro atoms. The number of methoxy groups -OCH3 is 2. The van der Waals surface area contributed by atoms with Crippen molar-refractivity contribution in [1.29, 1.82) is 0 Å². The second-order valence-corrected chi connectivity index (χ2v) is 4.49. The van der Waals surface area contributed by atoms with Crippen LogP contribution in [0.4, 0.5) is 0 Å². The molecule has 0 aliphatic carbocycles. The van der Waals surface area contributed by atoms with E-state index in [9.17, 15) is 0 Å². The van der Waals surface area contributed by atoms with Crippen molar-refractivity contribution in [3.63, 3.8) is 0 Å². The van der Waals surface area contributed by atoms with Gasteiger partial charge in [-0.3, -0.25) is 4.99 Å². The van der Waals surface area contributed by atoms with E-state index in [1.165, 1.54) is 5.56 Å². The highest BCUT2D eigenvalue weighted by Gasteiger charge is 2.11. The Kier molecular flexibility index (Phi) is 6.90. The van der Waals surface area contributed by atoms with Crippen molar-refractivity contribution in [1.82, 2.24) is 10.2 Å². The number of guanidine groups is 1. The molecule has 0 saturated carbocycles. The van der Waals surface area contributed by atoms with E-state index >= 15 is 0 Å². The quantitative estimate of drug-likeness (QED) is 0.778. The molecule has 6 heteroatoms. The fourth-order valence-electron chi connectivity index (χ4n) is 2.08. The number of benzene rings is 1. The summed E-state index contributed by atoms with van der Waals surface area (Å²) < 4.78 is 10.5. The minimum absolute atomic E-state index is 0. The summed E-state index contributed by atoms with van der Waals surface area (Å²) in [4.78, 5) is 6.53. The van der Waals surface area contributed by atoms with Crippen molar-refractivity contribution < 1.29 is 9.47 Å². The Morgan fingerprint density at radius 1 is 1.25 bits per heavy atom. The molecular formula is C14H22IN3O2. The number of rotatable bonds is 5. The van der Waals surface area contributed by atoms with Crippen molar-refractivity contribution in [2.75, 3.05) is 40.9 Å². The molecule has 1 aliphatic heterocycles. The van der Waals surface area contributed by atoms with Crippen LogP contribution in [-0.4, -0.2) is 51.8 Å². The van der Waals surface area contributed by atoms with Crippen molar-refractivity contribution in [2.24, 2.45) is 4.99 Å². The van der Waals surface area contributed by atoms with E-state index in [1.807, 2.05) is 12.1 Å². The summed E-state index contributed by atoms with van der Waals surface area (Å²) in [6.45, 7) is 2.74. The highest BCUT2D eigenvalue weighted by Crippen LogP contribution is 2.27. The maximum absolute atomic E-state index is 5.30. The topological polar surface area (TPSA) is 46.1 Å². The lowest BCUT2D eigenvalue weighted by Crippen LogP contribution is -2.36. The highest BCUT2D eigenvalue weighted by atomic mass is 127. The number of hydrogen-bond acceptors (Lipinski definition) is 5. The van der Waals surface area contributed by atoms with Crippen molar-refractivity contribution in [2.45, 2.75) is 6.42 Å². The molecule has 0 bridgehead atoms. The number of ether oxygens (including phenoxy) is 2. The summed E-state index contributed by atoms with van der Waals surface area (Å²) in [5.41, 5.74) is 1.21. The number of hydrogen-bond donors (Lipinski definition) is 1. The average molecular weight is 391 g/mol. The minimum Gasteiger partial charge on any atom is -0.493 e. The predicted molar refractivity (Wildman–Crippen MR) is 91.6 cm³/mol. The zero-order valence-corrected chi connectivity index (χ0v) is 14.5. The molecule has 1 aromatic carbocycles. The first-order valence-electron chi connectivity index (χ1n) is 6.45. The largest absolute Gasteiger partial charge is 0.493 e. The zero-order chi connectivity index (χ0) is 13.7. The molecule has 0 atom stereocenters. The van der Waals surface area contributed by atoms with Crippen LogP contribution in [0.1, 0.15) is 5.56 Å². The van der Waals surface area contributed by atoms with E-state index in [2.05, 4.69) is 28.3 Å². The molecule has 2 rings (SSSR count). The first kappa shape index (κ1) is 16.9. The lowest BCUT2D eigenvalue weighted by Gasteiger charge is -2.15.